The molecule has 2 fully saturated rings. The fourth-order valence-electron chi connectivity index (χ4n) is 5.24. The molecule has 2 heterocycles. The topological polar surface area (TPSA) is 67.7 Å². The molecule has 0 radical (unpaired) electrons. The number of aliphatic hydroxyl groups is 1. The van der Waals surface area contributed by atoms with Gasteiger partial charge in [0.15, 0.2) is 0 Å². The highest BCUT2D eigenvalue weighted by Gasteiger charge is 2.51. The molecule has 1 N–H and O–H groups in total. The van der Waals surface area contributed by atoms with Gasteiger partial charge < -0.3 is 14.6 Å². The number of fused-ring (bicyclic) bond motifs is 1. The van der Waals surface area contributed by atoms with Crippen molar-refractivity contribution in [3.05, 3.63) is 47.2 Å². The lowest BCUT2D eigenvalue weighted by Gasteiger charge is -2.41. The number of hydrogen-bond donors (Lipinski definition) is 1. The zero-order valence-corrected chi connectivity index (χ0v) is 18.5. The van der Waals surface area contributed by atoms with Gasteiger partial charge >= 0.3 is 6.01 Å². The van der Waals surface area contributed by atoms with E-state index in [0.29, 0.717) is 29.7 Å². The van der Waals surface area contributed by atoms with E-state index in [9.17, 15) is 5.11 Å². The normalized spacial score (nSPS) is 26.6. The monoisotopic (exact) mass is 411 g/mol. The predicted octanol–water partition coefficient (Wildman–Crippen LogP) is 3.74. The summed E-state index contributed by atoms with van der Waals surface area (Å²) in [6.45, 7) is 7.23. The number of methoxy groups -OCH3 is 2. The fourth-order valence-corrected chi connectivity index (χ4v) is 5.24. The van der Waals surface area contributed by atoms with Gasteiger partial charge in [0.2, 0.25) is 5.88 Å². The Balaban J connectivity index is 1.54. The van der Waals surface area contributed by atoms with E-state index in [1.165, 1.54) is 18.2 Å². The van der Waals surface area contributed by atoms with Gasteiger partial charge in [-0.3, -0.25) is 4.90 Å². The summed E-state index contributed by atoms with van der Waals surface area (Å²) in [5, 5.41) is 11.8. The van der Waals surface area contributed by atoms with Crippen LogP contribution in [0.4, 0.5) is 0 Å². The Hall–Kier alpha value is -2.18. The minimum Gasteiger partial charge on any atom is -0.481 e. The molecule has 2 aromatic rings. The van der Waals surface area contributed by atoms with Crippen molar-refractivity contribution >= 4 is 0 Å². The van der Waals surface area contributed by atoms with Crippen LogP contribution in [0.1, 0.15) is 55.7 Å². The third kappa shape index (κ3) is 3.91. The fraction of sp³-hybridized carbons (Fsp3) is 0.583. The Bertz CT molecular complexity index is 870. The van der Waals surface area contributed by atoms with Gasteiger partial charge in [0, 0.05) is 31.7 Å². The molecule has 0 bridgehead atoms. The van der Waals surface area contributed by atoms with Gasteiger partial charge in [-0.15, -0.1) is 0 Å². The van der Waals surface area contributed by atoms with Crippen molar-refractivity contribution in [3.63, 3.8) is 0 Å². The molecule has 1 aliphatic carbocycles. The number of ether oxygens (including phenoxy) is 2. The highest BCUT2D eigenvalue weighted by molar-refractivity contribution is 5.33. The van der Waals surface area contributed by atoms with Crippen LogP contribution in [-0.2, 0) is 12.1 Å². The van der Waals surface area contributed by atoms with Crippen molar-refractivity contribution < 1.29 is 14.6 Å². The van der Waals surface area contributed by atoms with E-state index in [1.807, 2.05) is 0 Å². The second-order valence-corrected chi connectivity index (χ2v) is 9.05. The Kier molecular flexibility index (Phi) is 5.98. The van der Waals surface area contributed by atoms with Crippen molar-refractivity contribution in [1.82, 2.24) is 14.9 Å². The van der Waals surface area contributed by atoms with Crippen molar-refractivity contribution in [2.45, 2.75) is 51.2 Å². The molecule has 2 aliphatic rings. The summed E-state index contributed by atoms with van der Waals surface area (Å²) < 4.78 is 10.6. The molecule has 30 heavy (non-hydrogen) atoms. The van der Waals surface area contributed by atoms with Gasteiger partial charge in [-0.25, -0.2) is 4.98 Å². The molecule has 1 saturated carbocycles. The SMILES string of the molecule is COc1ncc([C@@]2(O)CCC[C@@H]3CN(Cc4ccc(C(C)C)cc4)C[C@H]32)c(OC)n1. The van der Waals surface area contributed by atoms with Crippen LogP contribution in [0, 0.1) is 11.8 Å². The van der Waals surface area contributed by atoms with E-state index < -0.39 is 5.60 Å². The number of nitrogens with zero attached hydrogens (tertiary/aromatic N) is 3. The maximum Gasteiger partial charge on any atom is 0.319 e. The number of hydrogen-bond acceptors (Lipinski definition) is 6. The Morgan fingerprint density at radius 1 is 1.17 bits per heavy atom. The third-order valence-corrected chi connectivity index (χ3v) is 6.89. The van der Waals surface area contributed by atoms with E-state index in [-0.39, 0.29) is 11.9 Å². The number of likely N-dealkylation sites (tertiary alicyclic amines) is 1. The molecule has 162 valence electrons. The molecule has 4 rings (SSSR count). The summed E-state index contributed by atoms with van der Waals surface area (Å²) in [7, 11) is 3.11. The minimum absolute atomic E-state index is 0.145. The summed E-state index contributed by atoms with van der Waals surface area (Å²) in [6, 6.07) is 9.20. The lowest BCUT2D eigenvalue weighted by molar-refractivity contribution is -0.0669. The Morgan fingerprint density at radius 2 is 1.93 bits per heavy atom. The van der Waals surface area contributed by atoms with Crippen LogP contribution in [0.15, 0.2) is 30.5 Å². The molecule has 0 amide bonds. The van der Waals surface area contributed by atoms with Crippen molar-refractivity contribution in [2.75, 3.05) is 27.3 Å². The van der Waals surface area contributed by atoms with E-state index in [1.54, 1.807) is 13.3 Å². The van der Waals surface area contributed by atoms with Gasteiger partial charge in [-0.2, -0.15) is 4.98 Å². The molecule has 1 aromatic carbocycles. The van der Waals surface area contributed by atoms with Crippen LogP contribution < -0.4 is 9.47 Å². The van der Waals surface area contributed by atoms with Crippen molar-refractivity contribution in [2.24, 2.45) is 11.8 Å². The largest absolute Gasteiger partial charge is 0.481 e. The first-order valence-corrected chi connectivity index (χ1v) is 10.9. The molecular formula is C24H33N3O3. The number of benzene rings is 1. The van der Waals surface area contributed by atoms with E-state index in [2.05, 4.69) is 53.0 Å². The van der Waals surface area contributed by atoms with Gasteiger partial charge in [0.25, 0.3) is 0 Å². The van der Waals surface area contributed by atoms with Gasteiger partial charge in [-0.1, -0.05) is 38.1 Å². The molecule has 1 aliphatic heterocycles. The number of aromatic nitrogens is 2. The lowest BCUT2D eigenvalue weighted by Crippen LogP contribution is -2.43. The van der Waals surface area contributed by atoms with Crippen LogP contribution >= 0.6 is 0 Å². The Morgan fingerprint density at radius 3 is 2.60 bits per heavy atom. The summed E-state index contributed by atoms with van der Waals surface area (Å²) in [4.78, 5) is 11.1. The first-order valence-electron chi connectivity index (χ1n) is 10.9. The van der Waals surface area contributed by atoms with Crippen LogP contribution in [-0.4, -0.2) is 47.3 Å². The average molecular weight is 412 g/mol. The quantitative estimate of drug-likeness (QED) is 0.781. The summed E-state index contributed by atoms with van der Waals surface area (Å²) >= 11 is 0. The molecule has 1 saturated heterocycles. The standard InChI is InChI=1S/C24H33N3O3/c1-16(2)18-9-7-17(8-10-18)13-27-14-19-6-5-11-24(28,21(19)15-27)20-12-25-23(30-4)26-22(20)29-3/h7-10,12,16,19,21,28H,5-6,11,13-15H2,1-4H3/t19-,21-,24+/m1/s1. The highest BCUT2D eigenvalue weighted by atomic mass is 16.5. The second kappa shape index (κ2) is 8.52. The second-order valence-electron chi connectivity index (χ2n) is 9.05. The maximum atomic E-state index is 11.8. The molecule has 6 heteroatoms. The first-order chi connectivity index (χ1) is 14.4. The Labute approximate surface area is 179 Å². The zero-order chi connectivity index (χ0) is 21.3. The maximum absolute atomic E-state index is 11.8. The van der Waals surface area contributed by atoms with Crippen molar-refractivity contribution in [3.8, 4) is 11.9 Å². The summed E-state index contributed by atoms with van der Waals surface area (Å²) in [6.07, 6.45) is 4.52. The predicted molar refractivity (Wildman–Crippen MR) is 116 cm³/mol. The molecule has 6 nitrogen and oxygen atoms in total. The van der Waals surface area contributed by atoms with Gasteiger partial charge in [0.05, 0.1) is 19.8 Å². The van der Waals surface area contributed by atoms with Crippen LogP contribution in [0.25, 0.3) is 0 Å². The highest BCUT2D eigenvalue weighted by Crippen LogP contribution is 2.50. The van der Waals surface area contributed by atoms with E-state index >= 15 is 0 Å². The van der Waals surface area contributed by atoms with Crippen LogP contribution in [0.3, 0.4) is 0 Å². The van der Waals surface area contributed by atoms with E-state index in [0.717, 1.165) is 32.5 Å². The lowest BCUT2D eigenvalue weighted by atomic mass is 9.68. The molecule has 1 aromatic heterocycles. The molecular weight excluding hydrogens is 378 g/mol. The molecule has 3 atom stereocenters. The van der Waals surface area contributed by atoms with Crippen LogP contribution in [0.5, 0.6) is 11.9 Å². The third-order valence-electron chi connectivity index (χ3n) is 6.89. The number of rotatable bonds is 6. The molecule has 0 unspecified atom stereocenters. The first kappa shape index (κ1) is 21.1. The average Bonchev–Trinajstić information content (AvgIpc) is 3.17. The van der Waals surface area contributed by atoms with Crippen LogP contribution in [0.2, 0.25) is 0 Å². The van der Waals surface area contributed by atoms with E-state index in [4.69, 9.17) is 9.47 Å². The van der Waals surface area contributed by atoms with Gasteiger partial charge in [0.1, 0.15) is 5.60 Å². The van der Waals surface area contributed by atoms with Gasteiger partial charge in [-0.05, 0) is 42.2 Å². The summed E-state index contributed by atoms with van der Waals surface area (Å²) in [5.41, 5.74) is 2.40. The minimum atomic E-state index is -0.975. The summed E-state index contributed by atoms with van der Waals surface area (Å²) in [5.74, 6) is 1.57. The zero-order valence-electron chi connectivity index (χ0n) is 18.5. The molecule has 0 spiro atoms. The van der Waals surface area contributed by atoms with Crippen molar-refractivity contribution in [1.29, 1.82) is 0 Å². The smallest absolute Gasteiger partial charge is 0.319 e.